The summed E-state index contributed by atoms with van der Waals surface area (Å²) in [6, 6.07) is 9.13. The molecule has 0 radical (unpaired) electrons. The first-order chi connectivity index (χ1) is 10.5. The number of carbonyl (C=O) groups is 2. The van der Waals surface area contributed by atoms with Gasteiger partial charge in [-0.25, -0.2) is 9.78 Å². The quantitative estimate of drug-likeness (QED) is 0.807. The van der Waals surface area contributed by atoms with Crippen molar-refractivity contribution in [2.24, 2.45) is 0 Å². The lowest BCUT2D eigenvalue weighted by Gasteiger charge is -2.21. The molecule has 1 amide bonds. The van der Waals surface area contributed by atoms with Gasteiger partial charge in [0.15, 0.2) is 11.8 Å². The van der Waals surface area contributed by atoms with Crippen LogP contribution in [0.4, 0.5) is 5.69 Å². The third kappa shape index (κ3) is 3.66. The minimum absolute atomic E-state index is 0.0765. The van der Waals surface area contributed by atoms with Crippen LogP contribution in [0.15, 0.2) is 42.7 Å². The highest BCUT2D eigenvalue weighted by atomic mass is 16.5. The number of amides is 1. The van der Waals surface area contributed by atoms with Gasteiger partial charge in [-0.3, -0.25) is 9.78 Å². The molecule has 1 atom stereocenters. The van der Waals surface area contributed by atoms with Crippen LogP contribution in [0.25, 0.3) is 0 Å². The molecule has 2 rings (SSSR count). The second-order valence-electron chi connectivity index (χ2n) is 4.82. The summed E-state index contributed by atoms with van der Waals surface area (Å²) in [5.41, 5.74) is 1.50. The first-order valence-electron chi connectivity index (χ1n) is 6.81. The zero-order valence-corrected chi connectivity index (χ0v) is 12.7. The number of hydrogen-bond donors (Lipinski definition) is 0. The largest absolute Gasteiger partial charge is 0.448 e. The Kier molecular flexibility index (Phi) is 4.83. The van der Waals surface area contributed by atoms with Crippen molar-refractivity contribution in [3.63, 3.8) is 0 Å². The monoisotopic (exact) mass is 299 g/mol. The molecule has 0 saturated carbocycles. The van der Waals surface area contributed by atoms with Gasteiger partial charge in [-0.1, -0.05) is 18.2 Å². The van der Waals surface area contributed by atoms with Gasteiger partial charge in [0.05, 0.1) is 11.9 Å². The molecular weight excluding hydrogens is 282 g/mol. The molecule has 22 heavy (non-hydrogen) atoms. The summed E-state index contributed by atoms with van der Waals surface area (Å²) in [6.07, 6.45) is 1.88. The summed E-state index contributed by atoms with van der Waals surface area (Å²) in [6.45, 7) is 3.30. The third-order valence-electron chi connectivity index (χ3n) is 3.10. The van der Waals surface area contributed by atoms with Crippen molar-refractivity contribution in [3.8, 4) is 0 Å². The number of carbonyl (C=O) groups excluding carboxylic acids is 2. The number of para-hydroxylation sites is 1. The Morgan fingerprint density at radius 2 is 1.82 bits per heavy atom. The fourth-order valence-electron chi connectivity index (χ4n) is 1.82. The van der Waals surface area contributed by atoms with Crippen LogP contribution in [-0.2, 0) is 9.53 Å². The fraction of sp³-hybridized carbons (Fsp3) is 0.250. The normalized spacial score (nSPS) is 11.6. The average Bonchev–Trinajstić information content (AvgIpc) is 2.54. The number of aromatic nitrogens is 2. The van der Waals surface area contributed by atoms with Gasteiger partial charge in [0, 0.05) is 18.9 Å². The van der Waals surface area contributed by atoms with Crippen molar-refractivity contribution >= 4 is 17.6 Å². The van der Waals surface area contributed by atoms with Crippen LogP contribution in [0.2, 0.25) is 0 Å². The number of aryl methyl sites for hydroxylation is 1. The molecule has 0 N–H and O–H groups in total. The van der Waals surface area contributed by atoms with Crippen molar-refractivity contribution in [1.82, 2.24) is 9.97 Å². The van der Waals surface area contributed by atoms with E-state index in [4.69, 9.17) is 4.74 Å². The zero-order valence-electron chi connectivity index (χ0n) is 12.7. The first kappa shape index (κ1) is 15.6. The van der Waals surface area contributed by atoms with Crippen molar-refractivity contribution in [2.45, 2.75) is 20.0 Å². The summed E-state index contributed by atoms with van der Waals surface area (Å²) in [4.78, 5) is 33.6. The van der Waals surface area contributed by atoms with Gasteiger partial charge in [-0.05, 0) is 26.0 Å². The second-order valence-corrected chi connectivity index (χ2v) is 4.82. The van der Waals surface area contributed by atoms with Crippen molar-refractivity contribution < 1.29 is 14.3 Å². The molecule has 1 aromatic carbocycles. The Bertz CT molecular complexity index is 656. The van der Waals surface area contributed by atoms with E-state index >= 15 is 0 Å². The van der Waals surface area contributed by atoms with E-state index < -0.39 is 12.1 Å². The second kappa shape index (κ2) is 6.80. The number of esters is 1. The molecule has 1 unspecified atom stereocenters. The molecule has 0 spiro atoms. The summed E-state index contributed by atoms with van der Waals surface area (Å²) >= 11 is 0. The highest BCUT2D eigenvalue weighted by Crippen LogP contribution is 2.13. The standard InChI is InChI=1S/C16H17N3O3/c1-11-9-18-14(10-17-11)16(21)22-12(2)15(20)19(3)13-7-5-4-6-8-13/h4-10,12H,1-3H3. The molecule has 2 aromatic rings. The van der Waals surface area contributed by atoms with Crippen LogP contribution in [-0.4, -0.2) is 35.0 Å². The fourth-order valence-corrected chi connectivity index (χ4v) is 1.82. The molecule has 1 heterocycles. The maximum atomic E-state index is 12.3. The predicted molar refractivity (Wildman–Crippen MR) is 81.5 cm³/mol. The molecule has 6 nitrogen and oxygen atoms in total. The smallest absolute Gasteiger partial charge is 0.359 e. The number of benzene rings is 1. The highest BCUT2D eigenvalue weighted by Gasteiger charge is 2.23. The van der Waals surface area contributed by atoms with E-state index in [1.54, 1.807) is 26.1 Å². The lowest BCUT2D eigenvalue weighted by Crippen LogP contribution is -2.37. The average molecular weight is 299 g/mol. The maximum Gasteiger partial charge on any atom is 0.359 e. The molecule has 0 aliphatic rings. The Morgan fingerprint density at radius 1 is 1.14 bits per heavy atom. The number of nitrogens with zero attached hydrogens (tertiary/aromatic N) is 3. The zero-order chi connectivity index (χ0) is 16.1. The van der Waals surface area contributed by atoms with Crippen molar-refractivity contribution in [2.75, 3.05) is 11.9 Å². The molecule has 0 bridgehead atoms. The van der Waals surface area contributed by atoms with E-state index in [2.05, 4.69) is 9.97 Å². The molecule has 1 aromatic heterocycles. The highest BCUT2D eigenvalue weighted by molar-refractivity contribution is 5.98. The summed E-state index contributed by atoms with van der Waals surface area (Å²) < 4.78 is 5.15. The lowest BCUT2D eigenvalue weighted by molar-refractivity contribution is -0.126. The number of anilines is 1. The molecule has 0 aliphatic carbocycles. The minimum atomic E-state index is -0.916. The Labute approximate surface area is 128 Å². The number of ether oxygens (including phenoxy) is 1. The van der Waals surface area contributed by atoms with Gasteiger partial charge in [0.25, 0.3) is 5.91 Å². The third-order valence-corrected chi connectivity index (χ3v) is 3.10. The maximum absolute atomic E-state index is 12.3. The molecule has 6 heteroatoms. The lowest BCUT2D eigenvalue weighted by atomic mass is 10.2. The Hall–Kier alpha value is -2.76. The van der Waals surface area contributed by atoms with E-state index in [1.807, 2.05) is 18.2 Å². The van der Waals surface area contributed by atoms with Crippen LogP contribution < -0.4 is 4.90 Å². The number of likely N-dealkylation sites (N-methyl/N-ethyl adjacent to an activating group) is 1. The van der Waals surface area contributed by atoms with Crippen LogP contribution in [0, 0.1) is 6.92 Å². The summed E-state index contributed by atoms with van der Waals surface area (Å²) in [5.74, 6) is -0.991. The van der Waals surface area contributed by atoms with Gasteiger partial charge < -0.3 is 9.64 Å². The van der Waals surface area contributed by atoms with Gasteiger partial charge in [0.1, 0.15) is 0 Å². The molecule has 114 valence electrons. The van der Waals surface area contributed by atoms with Gasteiger partial charge in [0.2, 0.25) is 0 Å². The van der Waals surface area contributed by atoms with E-state index in [-0.39, 0.29) is 11.6 Å². The van der Waals surface area contributed by atoms with E-state index in [0.29, 0.717) is 5.69 Å². The minimum Gasteiger partial charge on any atom is -0.448 e. The predicted octanol–water partition coefficient (Wildman–Crippen LogP) is 1.99. The first-order valence-corrected chi connectivity index (χ1v) is 6.81. The number of hydrogen-bond acceptors (Lipinski definition) is 5. The van der Waals surface area contributed by atoms with Gasteiger partial charge >= 0.3 is 5.97 Å². The van der Waals surface area contributed by atoms with Crippen LogP contribution in [0.3, 0.4) is 0 Å². The summed E-state index contributed by atoms with van der Waals surface area (Å²) in [7, 11) is 1.63. The van der Waals surface area contributed by atoms with Crippen LogP contribution >= 0.6 is 0 Å². The van der Waals surface area contributed by atoms with Crippen LogP contribution in [0.5, 0.6) is 0 Å². The van der Waals surface area contributed by atoms with E-state index in [0.717, 1.165) is 5.69 Å². The van der Waals surface area contributed by atoms with Crippen molar-refractivity contribution in [1.29, 1.82) is 0 Å². The van der Waals surface area contributed by atoms with Gasteiger partial charge in [-0.15, -0.1) is 0 Å². The van der Waals surface area contributed by atoms with Crippen LogP contribution in [0.1, 0.15) is 23.1 Å². The topological polar surface area (TPSA) is 72.4 Å². The molecule has 0 saturated heterocycles. The molecule has 0 fully saturated rings. The van der Waals surface area contributed by atoms with Gasteiger partial charge in [-0.2, -0.15) is 0 Å². The Balaban J connectivity index is 2.02. The molecular formula is C16H17N3O3. The SMILES string of the molecule is Cc1cnc(C(=O)OC(C)C(=O)N(C)c2ccccc2)cn1. The van der Waals surface area contributed by atoms with Crippen molar-refractivity contribution in [3.05, 3.63) is 54.1 Å². The Morgan fingerprint density at radius 3 is 2.41 bits per heavy atom. The number of rotatable bonds is 4. The molecule has 0 aliphatic heterocycles. The van der Waals surface area contributed by atoms with E-state index in [1.165, 1.54) is 24.2 Å². The van der Waals surface area contributed by atoms with E-state index in [9.17, 15) is 9.59 Å². The summed E-state index contributed by atoms with van der Waals surface area (Å²) in [5, 5.41) is 0.